The summed E-state index contributed by atoms with van der Waals surface area (Å²) in [4.78, 5) is 17.8. The van der Waals surface area contributed by atoms with Crippen molar-refractivity contribution < 1.29 is 13.2 Å². The third-order valence-corrected chi connectivity index (χ3v) is 5.67. The summed E-state index contributed by atoms with van der Waals surface area (Å²) in [5.74, 6) is 0.113. The molecule has 0 aliphatic carbocycles. The lowest BCUT2D eigenvalue weighted by Gasteiger charge is -2.34. The van der Waals surface area contributed by atoms with Crippen LogP contribution >= 0.6 is 0 Å². The van der Waals surface area contributed by atoms with Gasteiger partial charge in [0.25, 0.3) is 15.2 Å². The number of unbranched alkanes of at least 4 members (excludes halogenated alkanes) is 1. The molecule has 124 valence electrons. The largest absolute Gasteiger partial charge is 0.340 e. The van der Waals surface area contributed by atoms with Gasteiger partial charge >= 0.3 is 0 Å². The molecular formula is C13H23N5O3S. The number of nitrogens with zero attached hydrogens (tertiary/aromatic N) is 4. The van der Waals surface area contributed by atoms with Gasteiger partial charge in [-0.3, -0.25) is 4.79 Å². The Kier molecular flexibility index (Phi) is 5.52. The summed E-state index contributed by atoms with van der Waals surface area (Å²) < 4.78 is 25.9. The number of aromatic amines is 1. The van der Waals surface area contributed by atoms with Crippen molar-refractivity contribution in [3.05, 3.63) is 6.33 Å². The molecule has 1 aromatic heterocycles. The van der Waals surface area contributed by atoms with Crippen LogP contribution in [0.25, 0.3) is 0 Å². The third-order valence-electron chi connectivity index (χ3n) is 3.94. The van der Waals surface area contributed by atoms with Crippen molar-refractivity contribution in [1.29, 1.82) is 0 Å². The highest BCUT2D eigenvalue weighted by Gasteiger charge is 2.32. The van der Waals surface area contributed by atoms with Crippen LogP contribution in [0.3, 0.4) is 0 Å². The van der Waals surface area contributed by atoms with Gasteiger partial charge in [0.15, 0.2) is 0 Å². The first-order chi connectivity index (χ1) is 10.5. The summed E-state index contributed by atoms with van der Waals surface area (Å²) in [6, 6.07) is 0. The van der Waals surface area contributed by atoms with E-state index >= 15 is 0 Å². The molecule has 1 aromatic rings. The zero-order valence-corrected chi connectivity index (χ0v) is 13.8. The Balaban J connectivity index is 1.92. The molecule has 0 saturated carbocycles. The fourth-order valence-electron chi connectivity index (χ4n) is 2.54. The second-order valence-corrected chi connectivity index (χ2v) is 7.42. The molecule has 2 rings (SSSR count). The predicted octanol–water partition coefficient (Wildman–Crippen LogP) is 0.464. The number of aromatic nitrogens is 3. The van der Waals surface area contributed by atoms with Crippen molar-refractivity contribution >= 4 is 15.9 Å². The molecule has 1 N–H and O–H groups in total. The average molecular weight is 329 g/mol. The minimum atomic E-state index is -3.64. The Morgan fingerprint density at radius 1 is 1.36 bits per heavy atom. The number of piperazine rings is 1. The Hall–Kier alpha value is -1.48. The van der Waals surface area contributed by atoms with Gasteiger partial charge in [-0.2, -0.15) is 9.40 Å². The van der Waals surface area contributed by atoms with Gasteiger partial charge in [0.05, 0.1) is 0 Å². The molecule has 0 bridgehead atoms. The van der Waals surface area contributed by atoms with Gasteiger partial charge in [-0.25, -0.2) is 18.5 Å². The highest BCUT2D eigenvalue weighted by atomic mass is 32.2. The Labute approximate surface area is 130 Å². The van der Waals surface area contributed by atoms with Crippen LogP contribution in [0.2, 0.25) is 0 Å². The second kappa shape index (κ2) is 7.19. The van der Waals surface area contributed by atoms with Crippen molar-refractivity contribution in [3.8, 4) is 0 Å². The van der Waals surface area contributed by atoms with E-state index < -0.39 is 10.0 Å². The van der Waals surface area contributed by atoms with Crippen molar-refractivity contribution in [2.75, 3.05) is 26.2 Å². The van der Waals surface area contributed by atoms with E-state index in [1.165, 1.54) is 10.6 Å². The first kappa shape index (κ1) is 16.9. The number of amides is 1. The van der Waals surface area contributed by atoms with Crippen LogP contribution in [0.15, 0.2) is 11.5 Å². The maximum Gasteiger partial charge on any atom is 0.278 e. The zero-order valence-electron chi connectivity index (χ0n) is 13.0. The highest BCUT2D eigenvalue weighted by Crippen LogP contribution is 2.16. The van der Waals surface area contributed by atoms with Crippen molar-refractivity contribution in [2.24, 2.45) is 5.92 Å². The quantitative estimate of drug-likeness (QED) is 0.817. The monoisotopic (exact) mass is 329 g/mol. The fraction of sp³-hybridized carbons (Fsp3) is 0.769. The van der Waals surface area contributed by atoms with E-state index in [0.29, 0.717) is 13.1 Å². The van der Waals surface area contributed by atoms with Gasteiger partial charge in [0, 0.05) is 32.1 Å². The number of nitrogens with one attached hydrogen (secondary N) is 1. The number of hydrogen-bond acceptors (Lipinski definition) is 5. The lowest BCUT2D eigenvalue weighted by atomic mass is 10.0. The first-order valence-electron chi connectivity index (χ1n) is 7.61. The van der Waals surface area contributed by atoms with Crippen molar-refractivity contribution in [2.45, 2.75) is 38.3 Å². The lowest BCUT2D eigenvalue weighted by Crippen LogP contribution is -2.51. The minimum absolute atomic E-state index is 0.00243. The van der Waals surface area contributed by atoms with E-state index in [0.717, 1.165) is 19.3 Å². The summed E-state index contributed by atoms with van der Waals surface area (Å²) in [7, 11) is -3.64. The van der Waals surface area contributed by atoms with E-state index in [1.54, 1.807) is 4.90 Å². The zero-order chi connectivity index (χ0) is 16.2. The predicted molar refractivity (Wildman–Crippen MR) is 80.4 cm³/mol. The molecule has 1 saturated heterocycles. The molecule has 1 amide bonds. The van der Waals surface area contributed by atoms with E-state index in [2.05, 4.69) is 22.1 Å². The molecule has 1 aliphatic heterocycles. The number of carbonyl (C=O) groups excluding carboxylic acids is 1. The number of H-pyrrole nitrogens is 1. The molecule has 1 atom stereocenters. The maximum absolute atomic E-state index is 12.3. The van der Waals surface area contributed by atoms with Gasteiger partial charge < -0.3 is 4.90 Å². The molecule has 1 aliphatic rings. The average Bonchev–Trinajstić information content (AvgIpc) is 3.07. The number of carbonyl (C=O) groups is 1. The molecule has 2 heterocycles. The summed E-state index contributed by atoms with van der Waals surface area (Å²) in [5, 5.41) is 5.80. The Bertz CT molecular complexity index is 579. The van der Waals surface area contributed by atoms with Crippen LogP contribution in [0.1, 0.15) is 33.1 Å². The molecule has 22 heavy (non-hydrogen) atoms. The number of sulfonamides is 1. The van der Waals surface area contributed by atoms with Crippen LogP contribution in [0.5, 0.6) is 0 Å². The Morgan fingerprint density at radius 2 is 2.05 bits per heavy atom. The smallest absolute Gasteiger partial charge is 0.278 e. The van der Waals surface area contributed by atoms with Crippen molar-refractivity contribution in [1.82, 2.24) is 24.4 Å². The minimum Gasteiger partial charge on any atom is -0.340 e. The van der Waals surface area contributed by atoms with Crippen LogP contribution in [0.4, 0.5) is 0 Å². The standard InChI is InChI=1S/C13H23N5O3S/c1-3-4-5-11(2)12(19)17-6-8-18(9-7-17)22(20,21)13-14-10-15-16-13/h10-11H,3-9H2,1-2H3,(H,14,15,16). The lowest BCUT2D eigenvalue weighted by molar-refractivity contribution is -0.136. The summed E-state index contributed by atoms with van der Waals surface area (Å²) in [6.07, 6.45) is 4.15. The van der Waals surface area contributed by atoms with Crippen molar-refractivity contribution in [3.63, 3.8) is 0 Å². The van der Waals surface area contributed by atoms with Gasteiger partial charge in [-0.1, -0.05) is 26.7 Å². The third kappa shape index (κ3) is 3.64. The number of rotatable bonds is 6. The van der Waals surface area contributed by atoms with Gasteiger partial charge in [0.2, 0.25) is 5.91 Å². The second-order valence-electron chi connectivity index (χ2n) is 5.56. The van der Waals surface area contributed by atoms with Gasteiger partial charge in [0.1, 0.15) is 6.33 Å². The number of hydrogen-bond donors (Lipinski definition) is 1. The summed E-state index contributed by atoms with van der Waals surface area (Å²) in [6.45, 7) is 5.45. The summed E-state index contributed by atoms with van der Waals surface area (Å²) in [5.41, 5.74) is 0. The molecule has 9 heteroatoms. The normalized spacial score (nSPS) is 18.4. The molecular weight excluding hydrogens is 306 g/mol. The summed E-state index contributed by atoms with van der Waals surface area (Å²) >= 11 is 0. The molecule has 0 radical (unpaired) electrons. The van der Waals surface area contributed by atoms with Crippen LogP contribution in [-0.4, -0.2) is 64.9 Å². The van der Waals surface area contributed by atoms with E-state index in [1.807, 2.05) is 6.92 Å². The molecule has 1 fully saturated rings. The molecule has 0 spiro atoms. The first-order valence-corrected chi connectivity index (χ1v) is 9.05. The van der Waals surface area contributed by atoms with Gasteiger partial charge in [-0.05, 0) is 6.42 Å². The van der Waals surface area contributed by atoms with Gasteiger partial charge in [-0.15, -0.1) is 0 Å². The fourth-order valence-corrected chi connectivity index (χ4v) is 3.77. The Morgan fingerprint density at radius 3 is 2.59 bits per heavy atom. The van der Waals surface area contributed by atoms with Crippen LogP contribution in [-0.2, 0) is 14.8 Å². The van der Waals surface area contributed by atoms with E-state index in [4.69, 9.17) is 0 Å². The maximum atomic E-state index is 12.3. The van der Waals surface area contributed by atoms with E-state index in [-0.39, 0.29) is 30.1 Å². The van der Waals surface area contributed by atoms with E-state index in [9.17, 15) is 13.2 Å². The molecule has 8 nitrogen and oxygen atoms in total. The SMILES string of the molecule is CCCCC(C)C(=O)N1CCN(S(=O)(=O)c2ncn[nH]2)CC1. The van der Waals surface area contributed by atoms with Crippen LogP contribution < -0.4 is 0 Å². The van der Waals surface area contributed by atoms with Crippen LogP contribution in [0, 0.1) is 5.92 Å². The molecule has 1 unspecified atom stereocenters. The molecule has 0 aromatic carbocycles. The topological polar surface area (TPSA) is 99.3 Å². The highest BCUT2D eigenvalue weighted by molar-refractivity contribution is 7.88.